The summed E-state index contributed by atoms with van der Waals surface area (Å²) in [5, 5.41) is 6.38. The minimum absolute atomic E-state index is 0.232. The molecule has 1 heterocycles. The van der Waals surface area contributed by atoms with Gasteiger partial charge >= 0.3 is 0 Å². The molecule has 0 fully saturated rings. The van der Waals surface area contributed by atoms with Gasteiger partial charge in [0.1, 0.15) is 0 Å². The van der Waals surface area contributed by atoms with Crippen molar-refractivity contribution in [2.24, 2.45) is 5.10 Å². The van der Waals surface area contributed by atoms with Gasteiger partial charge in [0.05, 0.1) is 6.21 Å². The Morgan fingerprint density at radius 2 is 1.54 bits per heavy atom. The number of amides is 1. The molecular formula is C24H21N3O. The predicted molar refractivity (Wildman–Crippen MR) is 114 cm³/mol. The third kappa shape index (κ3) is 3.45. The first-order chi connectivity index (χ1) is 13.6. The van der Waals surface area contributed by atoms with Gasteiger partial charge in [-0.25, -0.2) is 5.43 Å². The van der Waals surface area contributed by atoms with E-state index in [1.807, 2.05) is 54.6 Å². The lowest BCUT2D eigenvalue weighted by Crippen LogP contribution is -2.17. The second-order valence-corrected chi connectivity index (χ2v) is 6.77. The molecule has 0 radical (unpaired) electrons. The molecule has 0 aliphatic carbocycles. The van der Waals surface area contributed by atoms with E-state index in [0.717, 1.165) is 33.4 Å². The van der Waals surface area contributed by atoms with Gasteiger partial charge in [-0.1, -0.05) is 42.5 Å². The fourth-order valence-electron chi connectivity index (χ4n) is 3.43. The maximum absolute atomic E-state index is 12.4. The number of hydrogen-bond acceptors (Lipinski definition) is 2. The highest BCUT2D eigenvalue weighted by Gasteiger charge is 2.07. The summed E-state index contributed by atoms with van der Waals surface area (Å²) in [6, 6.07) is 25.8. The molecule has 4 aromatic rings. The molecule has 4 rings (SSSR count). The minimum Gasteiger partial charge on any atom is -0.319 e. The summed E-state index contributed by atoms with van der Waals surface area (Å²) in [4.78, 5) is 12.4. The molecule has 0 saturated heterocycles. The van der Waals surface area contributed by atoms with Crippen LogP contribution in [-0.2, 0) is 0 Å². The maximum atomic E-state index is 12.4. The summed E-state index contributed by atoms with van der Waals surface area (Å²) in [7, 11) is 0. The Bertz CT molecular complexity index is 1150. The Morgan fingerprint density at radius 3 is 2.29 bits per heavy atom. The number of rotatable bonds is 4. The molecule has 0 aliphatic rings. The Labute approximate surface area is 164 Å². The van der Waals surface area contributed by atoms with Crippen molar-refractivity contribution in [2.75, 3.05) is 0 Å². The number of nitrogens with zero attached hydrogens (tertiary/aromatic N) is 2. The van der Waals surface area contributed by atoms with Gasteiger partial charge in [-0.15, -0.1) is 0 Å². The monoisotopic (exact) mass is 367 g/mol. The largest absolute Gasteiger partial charge is 0.319 e. The van der Waals surface area contributed by atoms with E-state index in [2.05, 4.69) is 53.2 Å². The highest BCUT2D eigenvalue weighted by molar-refractivity contribution is 6.00. The molecule has 28 heavy (non-hydrogen) atoms. The highest BCUT2D eigenvalue weighted by atomic mass is 16.2. The topological polar surface area (TPSA) is 46.4 Å². The quantitative estimate of drug-likeness (QED) is 0.400. The number of hydrazone groups is 1. The molecule has 0 bridgehead atoms. The van der Waals surface area contributed by atoms with Crippen LogP contribution in [0, 0.1) is 13.8 Å². The normalized spacial score (nSPS) is 11.2. The van der Waals surface area contributed by atoms with Crippen molar-refractivity contribution in [3.8, 4) is 5.69 Å². The zero-order chi connectivity index (χ0) is 19.5. The number of carbonyl (C=O) groups is 1. The Hall–Kier alpha value is -3.66. The van der Waals surface area contributed by atoms with E-state index in [-0.39, 0.29) is 5.91 Å². The Morgan fingerprint density at radius 1 is 0.857 bits per heavy atom. The van der Waals surface area contributed by atoms with Crippen molar-refractivity contribution in [1.29, 1.82) is 0 Å². The second-order valence-electron chi connectivity index (χ2n) is 6.77. The van der Waals surface area contributed by atoms with E-state index in [0.29, 0.717) is 5.56 Å². The number of nitrogens with one attached hydrogen (secondary N) is 1. The molecule has 0 spiro atoms. The Kier molecular flexibility index (Phi) is 4.77. The van der Waals surface area contributed by atoms with Crippen molar-refractivity contribution in [2.45, 2.75) is 13.8 Å². The van der Waals surface area contributed by atoms with Crippen molar-refractivity contribution >= 4 is 22.9 Å². The standard InChI is InChI=1S/C24H21N3O/c1-17-10-11-18(2)27(17)22-14-12-20(13-15-22)24(28)26-25-16-21-8-5-7-19-6-3-4-9-23(19)21/h3-16H,1-2H3,(H,26,28). The van der Waals surface area contributed by atoms with Crippen LogP contribution in [0.25, 0.3) is 16.5 Å². The van der Waals surface area contributed by atoms with E-state index in [4.69, 9.17) is 0 Å². The second kappa shape index (κ2) is 7.53. The molecule has 4 nitrogen and oxygen atoms in total. The molecule has 1 N–H and O–H groups in total. The van der Waals surface area contributed by atoms with Gasteiger partial charge < -0.3 is 4.57 Å². The zero-order valence-corrected chi connectivity index (χ0v) is 15.9. The number of aromatic nitrogens is 1. The summed E-state index contributed by atoms with van der Waals surface area (Å²) >= 11 is 0. The predicted octanol–water partition coefficient (Wildman–Crippen LogP) is 5.01. The van der Waals surface area contributed by atoms with E-state index < -0.39 is 0 Å². The van der Waals surface area contributed by atoms with E-state index >= 15 is 0 Å². The van der Waals surface area contributed by atoms with Crippen molar-refractivity contribution in [3.63, 3.8) is 0 Å². The molecule has 4 heteroatoms. The maximum Gasteiger partial charge on any atom is 0.271 e. The lowest BCUT2D eigenvalue weighted by molar-refractivity contribution is 0.0955. The van der Waals surface area contributed by atoms with Crippen LogP contribution in [0.4, 0.5) is 0 Å². The molecule has 138 valence electrons. The van der Waals surface area contributed by atoms with Crippen LogP contribution in [0.2, 0.25) is 0 Å². The summed E-state index contributed by atoms with van der Waals surface area (Å²) in [5.41, 5.74) is 7.51. The van der Waals surface area contributed by atoms with Crippen molar-refractivity contribution < 1.29 is 4.79 Å². The van der Waals surface area contributed by atoms with E-state index in [1.54, 1.807) is 6.21 Å². The number of hydrogen-bond donors (Lipinski definition) is 1. The number of carbonyl (C=O) groups excluding carboxylic acids is 1. The smallest absolute Gasteiger partial charge is 0.271 e. The van der Waals surface area contributed by atoms with Gasteiger partial charge in [0.25, 0.3) is 5.91 Å². The third-order valence-corrected chi connectivity index (χ3v) is 4.85. The van der Waals surface area contributed by atoms with Crippen LogP contribution in [0.3, 0.4) is 0 Å². The lowest BCUT2D eigenvalue weighted by Gasteiger charge is -2.10. The van der Waals surface area contributed by atoms with Crippen LogP contribution < -0.4 is 5.43 Å². The SMILES string of the molecule is Cc1ccc(C)n1-c1ccc(C(=O)NN=Cc2cccc3ccccc23)cc1. The van der Waals surface area contributed by atoms with E-state index in [1.165, 1.54) is 0 Å². The summed E-state index contributed by atoms with van der Waals surface area (Å²) in [6.07, 6.45) is 1.68. The zero-order valence-electron chi connectivity index (χ0n) is 15.9. The molecule has 0 saturated carbocycles. The molecule has 0 aliphatic heterocycles. The van der Waals surface area contributed by atoms with Gasteiger partial charge in [0.15, 0.2) is 0 Å². The number of aryl methyl sites for hydroxylation is 2. The fourth-order valence-corrected chi connectivity index (χ4v) is 3.43. The van der Waals surface area contributed by atoms with Crippen LogP contribution >= 0.6 is 0 Å². The molecule has 1 aromatic heterocycles. The minimum atomic E-state index is -0.232. The summed E-state index contributed by atoms with van der Waals surface area (Å²) in [5.74, 6) is -0.232. The van der Waals surface area contributed by atoms with Gasteiger partial charge in [-0.3, -0.25) is 4.79 Å². The number of fused-ring (bicyclic) bond motifs is 1. The van der Waals surface area contributed by atoms with Crippen LogP contribution in [0.5, 0.6) is 0 Å². The molecular weight excluding hydrogens is 346 g/mol. The molecule has 0 atom stereocenters. The average Bonchev–Trinajstić information content (AvgIpc) is 3.06. The van der Waals surface area contributed by atoms with Crippen molar-refractivity contribution in [1.82, 2.24) is 9.99 Å². The number of benzene rings is 3. The first kappa shape index (κ1) is 17.7. The Balaban J connectivity index is 1.49. The van der Waals surface area contributed by atoms with Gasteiger partial charge in [-0.2, -0.15) is 5.10 Å². The molecule has 1 amide bonds. The average molecular weight is 367 g/mol. The first-order valence-electron chi connectivity index (χ1n) is 9.20. The van der Waals surface area contributed by atoms with E-state index in [9.17, 15) is 4.79 Å². The van der Waals surface area contributed by atoms with Gasteiger partial charge in [-0.05, 0) is 61.0 Å². The van der Waals surface area contributed by atoms with Gasteiger partial charge in [0, 0.05) is 28.2 Å². The van der Waals surface area contributed by atoms with Crippen molar-refractivity contribution in [3.05, 3.63) is 101 Å². The van der Waals surface area contributed by atoms with Crippen LogP contribution in [-0.4, -0.2) is 16.7 Å². The molecule has 0 unspecified atom stereocenters. The van der Waals surface area contributed by atoms with Crippen LogP contribution in [0.1, 0.15) is 27.3 Å². The van der Waals surface area contributed by atoms with Gasteiger partial charge in [0.2, 0.25) is 0 Å². The first-order valence-corrected chi connectivity index (χ1v) is 9.20. The third-order valence-electron chi connectivity index (χ3n) is 4.85. The highest BCUT2D eigenvalue weighted by Crippen LogP contribution is 2.18. The van der Waals surface area contributed by atoms with Crippen LogP contribution in [0.15, 0.2) is 84.0 Å². The lowest BCUT2D eigenvalue weighted by atomic mass is 10.1. The fraction of sp³-hybridized carbons (Fsp3) is 0.0833. The molecule has 3 aromatic carbocycles. The summed E-state index contributed by atoms with van der Waals surface area (Å²) in [6.45, 7) is 4.13. The summed E-state index contributed by atoms with van der Waals surface area (Å²) < 4.78 is 2.15.